The molecule has 0 amide bonds. The van der Waals surface area contributed by atoms with Gasteiger partial charge in [0.2, 0.25) is 0 Å². The zero-order chi connectivity index (χ0) is 17.2. The van der Waals surface area contributed by atoms with E-state index in [0.717, 1.165) is 5.56 Å². The monoisotopic (exact) mass is 335 g/mol. The van der Waals surface area contributed by atoms with E-state index < -0.39 is 5.82 Å². The molecular formula is C18H14FN5O. The molecule has 0 aliphatic heterocycles. The number of hydrogen-bond acceptors (Lipinski definition) is 4. The Morgan fingerprint density at radius 2 is 1.96 bits per heavy atom. The van der Waals surface area contributed by atoms with E-state index in [9.17, 15) is 9.18 Å². The van der Waals surface area contributed by atoms with Crippen LogP contribution in [0, 0.1) is 5.82 Å². The maximum absolute atomic E-state index is 13.7. The Labute approximate surface area is 142 Å². The Morgan fingerprint density at radius 3 is 2.72 bits per heavy atom. The highest BCUT2D eigenvalue weighted by atomic mass is 19.1. The minimum absolute atomic E-state index is 0.247. The lowest BCUT2D eigenvalue weighted by atomic mass is 10.1. The molecule has 3 heterocycles. The molecule has 0 spiro atoms. The van der Waals surface area contributed by atoms with Crippen LogP contribution in [-0.2, 0) is 13.1 Å². The average molecular weight is 335 g/mol. The van der Waals surface area contributed by atoms with Crippen molar-refractivity contribution in [3.63, 3.8) is 0 Å². The maximum Gasteiger partial charge on any atom is 0.274 e. The van der Waals surface area contributed by atoms with Gasteiger partial charge in [-0.25, -0.2) is 14.1 Å². The normalized spacial score (nSPS) is 11.1. The van der Waals surface area contributed by atoms with Gasteiger partial charge >= 0.3 is 0 Å². The van der Waals surface area contributed by atoms with Gasteiger partial charge in [0.15, 0.2) is 0 Å². The maximum atomic E-state index is 13.7. The van der Waals surface area contributed by atoms with Gasteiger partial charge in [0.1, 0.15) is 11.5 Å². The molecule has 0 saturated heterocycles. The van der Waals surface area contributed by atoms with Crippen LogP contribution in [0.15, 0.2) is 66.2 Å². The number of pyridine rings is 1. The van der Waals surface area contributed by atoms with E-state index in [0.29, 0.717) is 29.6 Å². The molecule has 0 aliphatic rings. The third-order valence-electron chi connectivity index (χ3n) is 3.99. The van der Waals surface area contributed by atoms with E-state index in [1.54, 1.807) is 31.0 Å². The molecule has 0 unspecified atom stereocenters. The smallest absolute Gasteiger partial charge is 0.274 e. The Balaban J connectivity index is 1.88. The fourth-order valence-corrected chi connectivity index (χ4v) is 2.75. The molecule has 0 atom stereocenters. The quantitative estimate of drug-likeness (QED) is 0.575. The van der Waals surface area contributed by atoms with Crippen LogP contribution in [-0.4, -0.2) is 24.3 Å². The van der Waals surface area contributed by atoms with Crippen molar-refractivity contribution in [3.05, 3.63) is 77.6 Å². The third-order valence-corrected chi connectivity index (χ3v) is 3.99. The second-order valence-electron chi connectivity index (χ2n) is 5.61. The van der Waals surface area contributed by atoms with E-state index in [-0.39, 0.29) is 5.56 Å². The molecule has 0 saturated carbocycles. The molecule has 124 valence electrons. The molecular weight excluding hydrogens is 321 g/mol. The van der Waals surface area contributed by atoms with E-state index in [2.05, 4.69) is 15.1 Å². The zero-order valence-electron chi connectivity index (χ0n) is 13.2. The van der Waals surface area contributed by atoms with Gasteiger partial charge in [-0.3, -0.25) is 9.78 Å². The number of aromatic nitrogens is 5. The molecule has 3 aromatic heterocycles. The molecule has 1 aromatic carbocycles. The third kappa shape index (κ3) is 2.91. The van der Waals surface area contributed by atoms with Crippen molar-refractivity contribution < 1.29 is 4.39 Å². The van der Waals surface area contributed by atoms with Crippen molar-refractivity contribution in [1.82, 2.24) is 24.3 Å². The molecule has 0 radical (unpaired) electrons. The van der Waals surface area contributed by atoms with Crippen molar-refractivity contribution in [1.29, 1.82) is 0 Å². The standard InChI is InChI=1S/C18H14FN5O/c19-14-3-4-15-16(10-14)17(13-2-1-5-20-11-13)22-24(18(15)25)9-8-23-7-6-21-12-23/h1-7,10-12H,8-9H2. The van der Waals surface area contributed by atoms with Crippen molar-refractivity contribution in [2.24, 2.45) is 0 Å². The Bertz CT molecular complexity index is 1070. The summed E-state index contributed by atoms with van der Waals surface area (Å²) >= 11 is 0. The van der Waals surface area contributed by atoms with Crippen molar-refractivity contribution in [3.8, 4) is 11.3 Å². The van der Waals surface area contributed by atoms with Crippen LogP contribution in [0.4, 0.5) is 4.39 Å². The number of halogens is 1. The molecule has 0 aliphatic carbocycles. The predicted molar refractivity (Wildman–Crippen MR) is 91.4 cm³/mol. The summed E-state index contributed by atoms with van der Waals surface area (Å²) in [6, 6.07) is 7.75. The van der Waals surface area contributed by atoms with Crippen LogP contribution in [0.25, 0.3) is 22.0 Å². The average Bonchev–Trinajstić information content (AvgIpc) is 3.15. The number of rotatable bonds is 4. The number of imidazole rings is 1. The summed E-state index contributed by atoms with van der Waals surface area (Å²) in [4.78, 5) is 20.8. The first-order valence-electron chi connectivity index (χ1n) is 7.79. The fraction of sp³-hybridized carbons (Fsp3) is 0.111. The molecule has 25 heavy (non-hydrogen) atoms. The molecule has 0 bridgehead atoms. The van der Waals surface area contributed by atoms with Crippen LogP contribution >= 0.6 is 0 Å². The Morgan fingerprint density at radius 1 is 1.04 bits per heavy atom. The highest BCUT2D eigenvalue weighted by molar-refractivity contribution is 5.93. The van der Waals surface area contributed by atoms with Gasteiger partial charge in [0, 0.05) is 42.3 Å². The second kappa shape index (κ2) is 6.27. The number of hydrogen-bond donors (Lipinski definition) is 0. The lowest BCUT2D eigenvalue weighted by molar-refractivity contribution is 0.515. The van der Waals surface area contributed by atoms with Crippen LogP contribution in [0.5, 0.6) is 0 Å². The summed E-state index contributed by atoms with van der Waals surface area (Å²) in [5.74, 6) is -0.407. The van der Waals surface area contributed by atoms with Gasteiger partial charge < -0.3 is 4.57 Å². The molecule has 6 nitrogen and oxygen atoms in total. The summed E-state index contributed by atoms with van der Waals surface area (Å²) < 4.78 is 17.0. The van der Waals surface area contributed by atoms with E-state index in [1.165, 1.54) is 22.9 Å². The second-order valence-corrected chi connectivity index (χ2v) is 5.61. The zero-order valence-corrected chi connectivity index (χ0v) is 13.2. The van der Waals surface area contributed by atoms with Gasteiger partial charge in [0.05, 0.1) is 18.3 Å². The SMILES string of the molecule is O=c1c2ccc(F)cc2c(-c2cccnc2)nn1CCn1ccnc1. The molecule has 4 aromatic rings. The topological polar surface area (TPSA) is 65.6 Å². The predicted octanol–water partition coefficient (Wildman–Crippen LogP) is 2.49. The van der Waals surface area contributed by atoms with Gasteiger partial charge in [-0.2, -0.15) is 5.10 Å². The van der Waals surface area contributed by atoms with Gasteiger partial charge in [-0.05, 0) is 30.3 Å². The number of aryl methyl sites for hydroxylation is 2. The van der Waals surface area contributed by atoms with Crippen molar-refractivity contribution in [2.75, 3.05) is 0 Å². The largest absolute Gasteiger partial charge is 0.336 e. The van der Waals surface area contributed by atoms with E-state index in [1.807, 2.05) is 16.8 Å². The lowest BCUT2D eigenvalue weighted by Crippen LogP contribution is -2.25. The summed E-state index contributed by atoms with van der Waals surface area (Å²) in [6.07, 6.45) is 8.49. The molecule has 7 heteroatoms. The first kappa shape index (κ1) is 15.2. The minimum atomic E-state index is -0.407. The number of benzene rings is 1. The summed E-state index contributed by atoms with van der Waals surface area (Å²) in [5.41, 5.74) is 1.02. The van der Waals surface area contributed by atoms with Crippen molar-refractivity contribution >= 4 is 10.8 Å². The molecule has 4 rings (SSSR count). The van der Waals surface area contributed by atoms with Gasteiger partial charge in [0.25, 0.3) is 5.56 Å². The van der Waals surface area contributed by atoms with Crippen LogP contribution < -0.4 is 5.56 Å². The van der Waals surface area contributed by atoms with Gasteiger partial charge in [-0.15, -0.1) is 0 Å². The van der Waals surface area contributed by atoms with Crippen LogP contribution in [0.3, 0.4) is 0 Å². The van der Waals surface area contributed by atoms with Crippen molar-refractivity contribution in [2.45, 2.75) is 13.1 Å². The van der Waals surface area contributed by atoms with E-state index >= 15 is 0 Å². The highest BCUT2D eigenvalue weighted by Gasteiger charge is 2.13. The van der Waals surface area contributed by atoms with E-state index in [4.69, 9.17) is 0 Å². The Hall–Kier alpha value is -3.35. The van der Waals surface area contributed by atoms with Gasteiger partial charge in [-0.1, -0.05) is 0 Å². The van der Waals surface area contributed by atoms with Crippen LogP contribution in [0.1, 0.15) is 0 Å². The summed E-state index contributed by atoms with van der Waals surface area (Å²) in [5, 5.41) is 5.39. The Kier molecular flexibility index (Phi) is 3.81. The minimum Gasteiger partial charge on any atom is -0.336 e. The molecule has 0 N–H and O–H groups in total. The number of fused-ring (bicyclic) bond motifs is 1. The number of nitrogens with zero attached hydrogens (tertiary/aromatic N) is 5. The van der Waals surface area contributed by atoms with Crippen LogP contribution in [0.2, 0.25) is 0 Å². The fourth-order valence-electron chi connectivity index (χ4n) is 2.75. The first-order valence-corrected chi connectivity index (χ1v) is 7.79. The first-order chi connectivity index (χ1) is 12.2. The summed E-state index contributed by atoms with van der Waals surface area (Å²) in [6.45, 7) is 0.946. The highest BCUT2D eigenvalue weighted by Crippen LogP contribution is 2.24. The summed E-state index contributed by atoms with van der Waals surface area (Å²) in [7, 11) is 0. The lowest BCUT2D eigenvalue weighted by Gasteiger charge is -2.11. The molecule has 0 fully saturated rings.